The number of benzene rings is 2. The van der Waals surface area contributed by atoms with Crippen LogP contribution in [0.1, 0.15) is 25.7 Å². The standard InChI is InChI=1S/C30H36N6O5S/c37-28(22-32-42(40,41)26-9-8-23-6-2-3-7-24(23)20-26)33-27(30(39)36-14-4-1-5-15-36)21-29(38)35-18-16-34(17-19-35)25-10-12-31-13-11-25/h2-3,6-13,20,27,32H,1,4-5,14-19,21-22H2,(H,33,37)/t27-/m0/s1. The smallest absolute Gasteiger partial charge is 0.245 e. The first-order valence-electron chi connectivity index (χ1n) is 14.3. The fourth-order valence-electron chi connectivity index (χ4n) is 5.43. The number of amides is 3. The predicted molar refractivity (Wildman–Crippen MR) is 159 cm³/mol. The molecule has 11 nitrogen and oxygen atoms in total. The monoisotopic (exact) mass is 592 g/mol. The molecular formula is C30H36N6O5S. The second-order valence-electron chi connectivity index (χ2n) is 10.6. The van der Waals surface area contributed by atoms with Crippen LogP contribution in [0.25, 0.3) is 10.8 Å². The topological polar surface area (TPSA) is 132 Å². The molecule has 0 aliphatic carbocycles. The molecule has 2 fully saturated rings. The Morgan fingerprint density at radius 3 is 2.21 bits per heavy atom. The highest BCUT2D eigenvalue weighted by molar-refractivity contribution is 7.89. The van der Waals surface area contributed by atoms with E-state index in [-0.39, 0.29) is 23.1 Å². The molecule has 3 amide bonds. The van der Waals surface area contributed by atoms with E-state index in [0.29, 0.717) is 39.3 Å². The number of likely N-dealkylation sites (tertiary alicyclic amines) is 1. The van der Waals surface area contributed by atoms with Crippen LogP contribution in [0, 0.1) is 0 Å². The van der Waals surface area contributed by atoms with Crippen LogP contribution in [-0.2, 0) is 24.4 Å². The number of sulfonamides is 1. The first-order chi connectivity index (χ1) is 20.3. The molecule has 2 aliphatic heterocycles. The van der Waals surface area contributed by atoms with E-state index in [9.17, 15) is 22.8 Å². The van der Waals surface area contributed by atoms with Crippen molar-refractivity contribution in [1.29, 1.82) is 0 Å². The van der Waals surface area contributed by atoms with Crippen molar-refractivity contribution < 1.29 is 22.8 Å². The lowest BCUT2D eigenvalue weighted by atomic mass is 10.1. The molecule has 0 radical (unpaired) electrons. The van der Waals surface area contributed by atoms with Crippen molar-refractivity contribution in [2.24, 2.45) is 0 Å². The summed E-state index contributed by atoms with van der Waals surface area (Å²) in [4.78, 5) is 49.3. The maximum atomic E-state index is 13.4. The van der Waals surface area contributed by atoms with E-state index < -0.39 is 28.5 Å². The quantitative estimate of drug-likeness (QED) is 0.387. The van der Waals surface area contributed by atoms with Crippen LogP contribution < -0.4 is 14.9 Å². The average Bonchev–Trinajstić information content (AvgIpc) is 3.04. The highest BCUT2D eigenvalue weighted by Crippen LogP contribution is 2.19. The second kappa shape index (κ2) is 13.3. The Balaban J connectivity index is 1.21. The maximum Gasteiger partial charge on any atom is 0.245 e. The van der Waals surface area contributed by atoms with Gasteiger partial charge in [-0.3, -0.25) is 19.4 Å². The Morgan fingerprint density at radius 2 is 1.50 bits per heavy atom. The van der Waals surface area contributed by atoms with E-state index in [4.69, 9.17) is 0 Å². The van der Waals surface area contributed by atoms with Crippen molar-refractivity contribution in [1.82, 2.24) is 24.8 Å². The number of nitrogens with zero attached hydrogens (tertiary/aromatic N) is 4. The lowest BCUT2D eigenvalue weighted by molar-refractivity contribution is -0.141. The fourth-order valence-corrected chi connectivity index (χ4v) is 6.45. The molecule has 0 bridgehead atoms. The number of aromatic nitrogens is 1. The molecule has 2 N–H and O–H groups in total. The highest BCUT2D eigenvalue weighted by atomic mass is 32.2. The molecule has 2 saturated heterocycles. The van der Waals surface area contributed by atoms with Gasteiger partial charge < -0.3 is 20.0 Å². The zero-order valence-electron chi connectivity index (χ0n) is 23.4. The predicted octanol–water partition coefficient (Wildman–Crippen LogP) is 1.75. The normalized spacial score (nSPS) is 16.7. The Labute approximate surface area is 245 Å². The molecule has 0 spiro atoms. The fraction of sp³-hybridized carbons (Fsp3) is 0.400. The van der Waals surface area contributed by atoms with Gasteiger partial charge in [0, 0.05) is 57.3 Å². The summed E-state index contributed by atoms with van der Waals surface area (Å²) < 4.78 is 28.2. The number of fused-ring (bicyclic) bond motifs is 1. The molecule has 2 aliphatic rings. The molecule has 0 unspecified atom stereocenters. The Morgan fingerprint density at radius 1 is 0.810 bits per heavy atom. The second-order valence-corrected chi connectivity index (χ2v) is 12.4. The Bertz CT molecular complexity index is 1520. The van der Waals surface area contributed by atoms with Gasteiger partial charge in [-0.2, -0.15) is 0 Å². The van der Waals surface area contributed by atoms with Gasteiger partial charge >= 0.3 is 0 Å². The number of anilines is 1. The Hall–Kier alpha value is -4.03. The number of carbonyl (C=O) groups excluding carboxylic acids is 3. The molecule has 1 atom stereocenters. The summed E-state index contributed by atoms with van der Waals surface area (Å²) in [5.41, 5.74) is 1.04. The van der Waals surface area contributed by atoms with E-state index in [0.717, 1.165) is 35.7 Å². The van der Waals surface area contributed by atoms with E-state index in [1.165, 1.54) is 6.07 Å². The molecule has 42 heavy (non-hydrogen) atoms. The number of pyridine rings is 1. The minimum atomic E-state index is -3.98. The summed E-state index contributed by atoms with van der Waals surface area (Å²) >= 11 is 0. The van der Waals surface area contributed by atoms with Gasteiger partial charge in [0.1, 0.15) is 6.04 Å². The van der Waals surface area contributed by atoms with Crippen LogP contribution in [0.15, 0.2) is 71.9 Å². The minimum Gasteiger partial charge on any atom is -0.368 e. The number of hydrogen-bond donors (Lipinski definition) is 2. The summed E-state index contributed by atoms with van der Waals surface area (Å²) in [5, 5.41) is 4.31. The first kappa shape index (κ1) is 29.5. The first-order valence-corrected chi connectivity index (χ1v) is 15.8. The molecule has 2 aromatic carbocycles. The van der Waals surface area contributed by atoms with Gasteiger partial charge in [0.2, 0.25) is 27.7 Å². The zero-order chi connectivity index (χ0) is 29.5. The molecule has 222 valence electrons. The highest BCUT2D eigenvalue weighted by Gasteiger charge is 2.32. The van der Waals surface area contributed by atoms with Crippen molar-refractivity contribution in [3.63, 3.8) is 0 Å². The number of carbonyl (C=O) groups is 3. The summed E-state index contributed by atoms with van der Waals surface area (Å²) in [6.07, 6.45) is 6.03. The van der Waals surface area contributed by atoms with E-state index in [2.05, 4.69) is 19.9 Å². The zero-order valence-corrected chi connectivity index (χ0v) is 24.3. The number of nitrogens with one attached hydrogen (secondary N) is 2. The lowest BCUT2D eigenvalue weighted by Crippen LogP contribution is -2.55. The van der Waals surface area contributed by atoms with Crippen LogP contribution in [0.5, 0.6) is 0 Å². The van der Waals surface area contributed by atoms with Crippen LogP contribution in [-0.4, -0.2) is 92.8 Å². The number of piperazine rings is 1. The molecule has 1 aromatic heterocycles. The van der Waals surface area contributed by atoms with Crippen molar-refractivity contribution in [2.75, 3.05) is 50.7 Å². The van der Waals surface area contributed by atoms with Crippen LogP contribution >= 0.6 is 0 Å². The molecule has 3 heterocycles. The van der Waals surface area contributed by atoms with E-state index >= 15 is 0 Å². The third kappa shape index (κ3) is 7.24. The van der Waals surface area contributed by atoms with E-state index in [1.54, 1.807) is 34.3 Å². The van der Waals surface area contributed by atoms with Gasteiger partial charge in [-0.1, -0.05) is 30.3 Å². The van der Waals surface area contributed by atoms with Gasteiger partial charge in [0.05, 0.1) is 17.9 Å². The molecule has 5 rings (SSSR count). The molecule has 12 heteroatoms. The van der Waals surface area contributed by atoms with Crippen LogP contribution in [0.2, 0.25) is 0 Å². The van der Waals surface area contributed by atoms with E-state index in [1.807, 2.05) is 36.4 Å². The van der Waals surface area contributed by atoms with Crippen molar-refractivity contribution >= 4 is 44.2 Å². The summed E-state index contributed by atoms with van der Waals surface area (Å²) in [5.74, 6) is -1.22. The van der Waals surface area contributed by atoms with Gasteiger partial charge in [-0.25, -0.2) is 13.1 Å². The van der Waals surface area contributed by atoms with Gasteiger partial charge in [0.25, 0.3) is 0 Å². The molecule has 0 saturated carbocycles. The lowest BCUT2D eigenvalue weighted by Gasteiger charge is -2.37. The number of hydrogen-bond acceptors (Lipinski definition) is 7. The van der Waals surface area contributed by atoms with Crippen LogP contribution in [0.3, 0.4) is 0 Å². The summed E-state index contributed by atoms with van der Waals surface area (Å²) in [6.45, 7) is 2.85. The summed E-state index contributed by atoms with van der Waals surface area (Å²) in [7, 11) is -3.98. The minimum absolute atomic E-state index is 0.0380. The molecule has 3 aromatic rings. The van der Waals surface area contributed by atoms with Gasteiger partial charge in [-0.05, 0) is 54.3 Å². The van der Waals surface area contributed by atoms with Gasteiger partial charge in [-0.15, -0.1) is 0 Å². The third-order valence-electron chi connectivity index (χ3n) is 7.79. The SMILES string of the molecule is O=C(CNS(=O)(=O)c1ccc2ccccc2c1)N[C@@H](CC(=O)N1CCN(c2ccncc2)CC1)C(=O)N1CCCCC1. The van der Waals surface area contributed by atoms with Crippen molar-refractivity contribution in [3.8, 4) is 0 Å². The van der Waals surface area contributed by atoms with Crippen molar-refractivity contribution in [3.05, 3.63) is 67.0 Å². The third-order valence-corrected chi connectivity index (χ3v) is 9.19. The summed E-state index contributed by atoms with van der Waals surface area (Å²) in [6, 6.07) is 14.9. The van der Waals surface area contributed by atoms with Crippen molar-refractivity contribution in [2.45, 2.75) is 36.6 Å². The average molecular weight is 593 g/mol. The molecular weight excluding hydrogens is 556 g/mol. The maximum absolute atomic E-state index is 13.4. The van der Waals surface area contributed by atoms with Crippen LogP contribution in [0.4, 0.5) is 5.69 Å². The number of rotatable bonds is 9. The largest absolute Gasteiger partial charge is 0.368 e. The van der Waals surface area contributed by atoms with Gasteiger partial charge in [0.15, 0.2) is 0 Å². The number of piperidine rings is 1. The Kier molecular flexibility index (Phi) is 9.33.